The van der Waals surface area contributed by atoms with E-state index < -0.39 is 0 Å². The lowest BCUT2D eigenvalue weighted by Crippen LogP contribution is -2.32. The Labute approximate surface area is 335 Å². The van der Waals surface area contributed by atoms with Gasteiger partial charge in [-0.1, -0.05) is 123 Å². The number of benzene rings is 3. The maximum Gasteiger partial charge on any atom is 0.0511 e. The Balaban J connectivity index is 0.968. The van der Waals surface area contributed by atoms with Crippen LogP contribution in [-0.4, -0.2) is 29.7 Å². The monoisotopic (exact) mass is 738 g/mol. The van der Waals surface area contributed by atoms with E-state index in [2.05, 4.69) is 169 Å². The first kappa shape index (κ1) is 37.6. The molecule has 0 saturated heterocycles. The molecule has 286 valence electrons. The summed E-state index contributed by atoms with van der Waals surface area (Å²) in [6, 6.07) is 26.7. The Bertz CT molecular complexity index is 2170. The number of rotatable bonds is 12. The van der Waals surface area contributed by atoms with Crippen LogP contribution in [0, 0.1) is 23.2 Å². The van der Waals surface area contributed by atoms with Crippen LogP contribution >= 0.6 is 0 Å². The van der Waals surface area contributed by atoms with Gasteiger partial charge in [-0.25, -0.2) is 0 Å². The fraction of sp³-hybridized carbons (Fsp3) is 0.327. The van der Waals surface area contributed by atoms with Gasteiger partial charge in [-0.3, -0.25) is 0 Å². The van der Waals surface area contributed by atoms with E-state index in [1.807, 2.05) is 0 Å². The van der Waals surface area contributed by atoms with Crippen LogP contribution in [0.5, 0.6) is 0 Å². The highest BCUT2D eigenvalue weighted by Gasteiger charge is 2.32. The van der Waals surface area contributed by atoms with E-state index in [4.69, 9.17) is 5.41 Å². The molecule has 0 bridgehead atoms. The van der Waals surface area contributed by atoms with Crippen molar-refractivity contribution in [2.24, 2.45) is 17.8 Å². The molecular weight excluding hydrogens is 681 g/mol. The lowest BCUT2D eigenvalue weighted by Gasteiger charge is -2.31. The summed E-state index contributed by atoms with van der Waals surface area (Å²) in [6.45, 7) is 6.39. The standard InChI is InChI=1S/C52H58N4/c1-3-17-39(34-43-36-56(45-22-8-5-9-23-45)51-29-15-12-25-47(43)51)40-20-16-21-41(33-40)46-24-10-14-28-50(46)55-44-31-30-42(37(2)32-44)35-54-49-27-13-11-26-48(49)52(53)38-18-6-4-7-19-38/h5-6,8-11,13-14,16-18,20-22,24,26-28,30-34,37-38,42,45,53-55H,3-4,7,12,15,19,23,25,29,35-36H2,1-2H3/b39-17+,43-34+,53-52?/t37?,38?,42-,45?/m0/s1. The molecule has 4 atom stereocenters. The Morgan fingerprint density at radius 1 is 0.893 bits per heavy atom. The second-order valence-electron chi connectivity index (χ2n) is 16.2. The topological polar surface area (TPSA) is 51.1 Å². The average Bonchev–Trinajstić information content (AvgIpc) is 3.62. The number of nitrogens with one attached hydrogen (secondary N) is 3. The first-order valence-corrected chi connectivity index (χ1v) is 21.2. The Morgan fingerprint density at radius 2 is 1.75 bits per heavy atom. The van der Waals surface area contributed by atoms with Crippen molar-refractivity contribution in [2.45, 2.75) is 77.7 Å². The molecule has 56 heavy (non-hydrogen) atoms. The van der Waals surface area contributed by atoms with Gasteiger partial charge in [0.25, 0.3) is 0 Å². The van der Waals surface area contributed by atoms with Crippen molar-refractivity contribution < 1.29 is 0 Å². The number of para-hydroxylation sites is 2. The molecule has 0 fully saturated rings. The van der Waals surface area contributed by atoms with Crippen LogP contribution in [0.2, 0.25) is 0 Å². The van der Waals surface area contributed by atoms with Crippen molar-refractivity contribution in [2.75, 3.05) is 23.7 Å². The van der Waals surface area contributed by atoms with Gasteiger partial charge in [-0.2, -0.15) is 0 Å². The van der Waals surface area contributed by atoms with Gasteiger partial charge in [0.2, 0.25) is 0 Å². The molecule has 0 aromatic heterocycles. The highest BCUT2D eigenvalue weighted by molar-refractivity contribution is 6.05. The van der Waals surface area contributed by atoms with Crippen molar-refractivity contribution in [1.29, 1.82) is 5.41 Å². The summed E-state index contributed by atoms with van der Waals surface area (Å²) < 4.78 is 0. The van der Waals surface area contributed by atoms with Gasteiger partial charge in [-0.05, 0) is 122 Å². The number of hydrogen-bond acceptors (Lipinski definition) is 4. The van der Waals surface area contributed by atoms with Crippen LogP contribution < -0.4 is 10.6 Å². The van der Waals surface area contributed by atoms with E-state index in [0.29, 0.717) is 17.9 Å². The smallest absolute Gasteiger partial charge is 0.0511 e. The lowest BCUT2D eigenvalue weighted by molar-refractivity contribution is 0.314. The van der Waals surface area contributed by atoms with Crippen LogP contribution in [0.15, 0.2) is 162 Å². The van der Waals surface area contributed by atoms with E-state index in [9.17, 15) is 0 Å². The summed E-state index contributed by atoms with van der Waals surface area (Å²) in [5, 5.41) is 16.5. The predicted molar refractivity (Wildman–Crippen MR) is 239 cm³/mol. The minimum atomic E-state index is 0.210. The summed E-state index contributed by atoms with van der Waals surface area (Å²) in [5.74, 6) is 0.915. The molecule has 1 aliphatic heterocycles. The van der Waals surface area contributed by atoms with Gasteiger partial charge < -0.3 is 20.9 Å². The maximum atomic E-state index is 8.97. The SMILES string of the molecule is CC/C=C(\C=C1/CN(C2C=CC=CC2)C2=C1CCCC2)c1cccc(-c2ccccc2NC2=CC(C)[C@H](CNc3ccccc3C(=N)C3C=CCCC3)C=C2)c1. The molecule has 8 rings (SSSR count). The molecule has 0 radical (unpaired) electrons. The quantitative estimate of drug-likeness (QED) is 0.128. The van der Waals surface area contributed by atoms with E-state index in [1.165, 1.54) is 53.5 Å². The highest BCUT2D eigenvalue weighted by Crippen LogP contribution is 2.42. The Hall–Kier alpha value is -5.35. The second kappa shape index (κ2) is 17.6. The van der Waals surface area contributed by atoms with Crippen LogP contribution in [0.1, 0.15) is 82.8 Å². The van der Waals surface area contributed by atoms with Crippen LogP contribution in [-0.2, 0) is 0 Å². The third kappa shape index (κ3) is 8.40. The molecule has 4 aliphatic carbocycles. The van der Waals surface area contributed by atoms with Gasteiger partial charge in [0.05, 0.1) is 6.04 Å². The van der Waals surface area contributed by atoms with Gasteiger partial charge >= 0.3 is 0 Å². The van der Waals surface area contributed by atoms with Gasteiger partial charge in [0.1, 0.15) is 0 Å². The minimum Gasteiger partial charge on any atom is -0.384 e. The molecule has 0 amide bonds. The third-order valence-electron chi connectivity index (χ3n) is 12.4. The molecule has 1 heterocycles. The molecule has 3 N–H and O–H groups in total. The number of allylic oxidation sites excluding steroid dienone is 10. The summed E-state index contributed by atoms with van der Waals surface area (Å²) in [4.78, 5) is 2.69. The van der Waals surface area contributed by atoms with E-state index in [-0.39, 0.29) is 5.92 Å². The molecule has 3 aromatic rings. The fourth-order valence-corrected chi connectivity index (χ4v) is 9.26. The summed E-state index contributed by atoms with van der Waals surface area (Å²) in [7, 11) is 0. The van der Waals surface area contributed by atoms with Crippen molar-refractivity contribution in [1.82, 2.24) is 4.90 Å². The molecule has 3 aromatic carbocycles. The van der Waals surface area contributed by atoms with Crippen molar-refractivity contribution in [3.05, 3.63) is 173 Å². The fourth-order valence-electron chi connectivity index (χ4n) is 9.26. The van der Waals surface area contributed by atoms with Gasteiger partial charge in [-0.15, -0.1) is 0 Å². The number of anilines is 2. The first-order chi connectivity index (χ1) is 27.6. The zero-order valence-electron chi connectivity index (χ0n) is 33.3. The van der Waals surface area contributed by atoms with Crippen molar-refractivity contribution in [3.8, 4) is 11.1 Å². The van der Waals surface area contributed by atoms with Gasteiger partial charge in [0, 0.05) is 64.5 Å². The highest BCUT2D eigenvalue weighted by atomic mass is 15.2. The predicted octanol–water partition coefficient (Wildman–Crippen LogP) is 13.1. The third-order valence-corrected chi connectivity index (χ3v) is 12.4. The van der Waals surface area contributed by atoms with Crippen LogP contribution in [0.4, 0.5) is 11.4 Å². The van der Waals surface area contributed by atoms with E-state index in [0.717, 1.165) is 73.5 Å². The molecule has 5 aliphatic rings. The van der Waals surface area contributed by atoms with Crippen LogP contribution in [0.3, 0.4) is 0 Å². The first-order valence-electron chi connectivity index (χ1n) is 21.2. The largest absolute Gasteiger partial charge is 0.384 e. The second-order valence-corrected chi connectivity index (χ2v) is 16.2. The summed E-state index contributed by atoms with van der Waals surface area (Å²) >= 11 is 0. The normalized spacial score (nSPS) is 24.0. The van der Waals surface area contributed by atoms with Gasteiger partial charge in [0.15, 0.2) is 0 Å². The zero-order chi connectivity index (χ0) is 38.3. The summed E-state index contributed by atoms with van der Waals surface area (Å²) in [6.07, 6.45) is 35.9. The molecule has 4 nitrogen and oxygen atoms in total. The number of nitrogens with zero attached hydrogens (tertiary/aromatic N) is 1. The summed E-state index contributed by atoms with van der Waals surface area (Å²) in [5.41, 5.74) is 14.8. The zero-order valence-corrected chi connectivity index (χ0v) is 33.3. The molecular formula is C52H58N4. The lowest BCUT2D eigenvalue weighted by atomic mass is 9.87. The Morgan fingerprint density at radius 3 is 2.57 bits per heavy atom. The minimum absolute atomic E-state index is 0.210. The number of hydrogen-bond donors (Lipinski definition) is 3. The average molecular weight is 739 g/mol. The van der Waals surface area contributed by atoms with Crippen LogP contribution in [0.25, 0.3) is 16.7 Å². The van der Waals surface area contributed by atoms with Crippen molar-refractivity contribution in [3.63, 3.8) is 0 Å². The Kier molecular flexibility index (Phi) is 11.8. The molecule has 4 heteroatoms. The molecule has 3 unspecified atom stereocenters. The molecule has 0 saturated carbocycles. The van der Waals surface area contributed by atoms with E-state index >= 15 is 0 Å². The van der Waals surface area contributed by atoms with E-state index in [1.54, 1.807) is 11.3 Å². The van der Waals surface area contributed by atoms with Crippen molar-refractivity contribution >= 4 is 22.7 Å². The maximum absolute atomic E-state index is 8.97. The molecule has 0 spiro atoms.